The minimum absolute atomic E-state index is 0.664. The molecule has 0 aliphatic rings. The number of imidazole rings is 1. The SMILES string of the molecule is Cc1nn(C)c(C)c1CNc1ncnc2nc[nH]c12. The van der Waals surface area contributed by atoms with Crippen molar-refractivity contribution in [1.29, 1.82) is 0 Å². The van der Waals surface area contributed by atoms with Gasteiger partial charge in [0.2, 0.25) is 0 Å². The minimum atomic E-state index is 0.664. The van der Waals surface area contributed by atoms with Crippen LogP contribution in [0.3, 0.4) is 0 Å². The minimum Gasteiger partial charge on any atom is -0.364 e. The first-order valence-corrected chi connectivity index (χ1v) is 6.04. The third kappa shape index (κ3) is 1.92. The van der Waals surface area contributed by atoms with Crippen molar-refractivity contribution in [3.8, 4) is 0 Å². The number of hydrogen-bond donors (Lipinski definition) is 2. The number of aromatic nitrogens is 6. The molecule has 19 heavy (non-hydrogen) atoms. The summed E-state index contributed by atoms with van der Waals surface area (Å²) in [6, 6.07) is 0. The number of fused-ring (bicyclic) bond motifs is 1. The summed E-state index contributed by atoms with van der Waals surface area (Å²) in [7, 11) is 1.95. The predicted molar refractivity (Wildman–Crippen MR) is 71.7 cm³/mol. The van der Waals surface area contributed by atoms with Crippen molar-refractivity contribution in [2.75, 3.05) is 5.32 Å². The average molecular weight is 257 g/mol. The lowest BCUT2D eigenvalue weighted by atomic mass is 10.2. The molecule has 3 heterocycles. The summed E-state index contributed by atoms with van der Waals surface area (Å²) >= 11 is 0. The van der Waals surface area contributed by atoms with Crippen LogP contribution in [-0.2, 0) is 13.6 Å². The molecule has 3 rings (SSSR count). The first-order chi connectivity index (χ1) is 9.16. The van der Waals surface area contributed by atoms with Gasteiger partial charge in [0.05, 0.1) is 12.0 Å². The normalized spacial score (nSPS) is 11.1. The van der Waals surface area contributed by atoms with Crippen LogP contribution in [0, 0.1) is 13.8 Å². The lowest BCUT2D eigenvalue weighted by molar-refractivity contribution is 0.730. The zero-order chi connectivity index (χ0) is 13.4. The second-order valence-corrected chi connectivity index (χ2v) is 4.45. The highest BCUT2D eigenvalue weighted by Gasteiger charge is 2.11. The summed E-state index contributed by atoms with van der Waals surface area (Å²) in [6.45, 7) is 4.75. The van der Waals surface area contributed by atoms with Crippen LogP contribution in [0.15, 0.2) is 12.7 Å². The molecule has 0 saturated carbocycles. The topological polar surface area (TPSA) is 84.3 Å². The molecule has 0 atom stereocenters. The second-order valence-electron chi connectivity index (χ2n) is 4.45. The molecule has 2 N–H and O–H groups in total. The molecule has 3 aromatic heterocycles. The van der Waals surface area contributed by atoms with E-state index in [-0.39, 0.29) is 0 Å². The number of aryl methyl sites for hydroxylation is 2. The summed E-state index contributed by atoms with van der Waals surface area (Å²) in [5.74, 6) is 0.755. The second kappa shape index (κ2) is 4.34. The lowest BCUT2D eigenvalue weighted by Crippen LogP contribution is -2.04. The van der Waals surface area contributed by atoms with Gasteiger partial charge in [-0.2, -0.15) is 5.10 Å². The third-order valence-corrected chi connectivity index (χ3v) is 3.31. The van der Waals surface area contributed by atoms with E-state index in [0.29, 0.717) is 12.2 Å². The van der Waals surface area contributed by atoms with Gasteiger partial charge in [0.15, 0.2) is 11.5 Å². The van der Waals surface area contributed by atoms with Gasteiger partial charge in [0.1, 0.15) is 11.8 Å². The van der Waals surface area contributed by atoms with Crippen molar-refractivity contribution in [3.05, 3.63) is 29.6 Å². The van der Waals surface area contributed by atoms with E-state index in [2.05, 4.69) is 37.3 Å². The molecule has 3 aromatic rings. The zero-order valence-corrected chi connectivity index (χ0v) is 11.1. The Morgan fingerprint density at radius 2 is 2.11 bits per heavy atom. The van der Waals surface area contributed by atoms with Crippen LogP contribution in [0.2, 0.25) is 0 Å². The van der Waals surface area contributed by atoms with Gasteiger partial charge in [-0.25, -0.2) is 15.0 Å². The van der Waals surface area contributed by atoms with Crippen molar-refractivity contribution in [1.82, 2.24) is 29.7 Å². The molecule has 0 radical (unpaired) electrons. The molecule has 0 saturated heterocycles. The Morgan fingerprint density at radius 3 is 2.84 bits per heavy atom. The van der Waals surface area contributed by atoms with E-state index in [9.17, 15) is 0 Å². The quantitative estimate of drug-likeness (QED) is 0.739. The standard InChI is InChI=1S/C12H15N7/c1-7-9(8(2)19(3)18-7)4-13-11-10-12(15-5-14-10)17-6-16-11/h5-6H,4H2,1-3H3,(H2,13,14,15,16,17). The van der Waals surface area contributed by atoms with Gasteiger partial charge in [-0.15, -0.1) is 0 Å². The predicted octanol–water partition coefficient (Wildman–Crippen LogP) is 1.32. The highest BCUT2D eigenvalue weighted by molar-refractivity contribution is 5.81. The van der Waals surface area contributed by atoms with E-state index in [4.69, 9.17) is 0 Å². The molecule has 0 aliphatic carbocycles. The molecule has 0 fully saturated rings. The summed E-state index contributed by atoms with van der Waals surface area (Å²) in [5.41, 5.74) is 4.86. The number of anilines is 1. The molecule has 7 heteroatoms. The lowest BCUT2D eigenvalue weighted by Gasteiger charge is -2.06. The average Bonchev–Trinajstić information content (AvgIpc) is 2.95. The third-order valence-electron chi connectivity index (χ3n) is 3.31. The monoisotopic (exact) mass is 257 g/mol. The Morgan fingerprint density at radius 1 is 1.26 bits per heavy atom. The summed E-state index contributed by atoms with van der Waals surface area (Å²) in [6.07, 6.45) is 3.12. The van der Waals surface area contributed by atoms with E-state index in [0.717, 1.165) is 22.7 Å². The van der Waals surface area contributed by atoms with Crippen LogP contribution in [-0.4, -0.2) is 29.7 Å². The van der Waals surface area contributed by atoms with Crippen LogP contribution in [0.25, 0.3) is 11.2 Å². The fourth-order valence-electron chi connectivity index (χ4n) is 2.14. The van der Waals surface area contributed by atoms with Gasteiger partial charge in [-0.05, 0) is 13.8 Å². The Hall–Kier alpha value is -2.44. The summed E-state index contributed by atoms with van der Waals surface area (Å²) in [5, 5.41) is 7.71. The van der Waals surface area contributed by atoms with Crippen LogP contribution in [0.4, 0.5) is 5.82 Å². The number of H-pyrrole nitrogens is 1. The molecular weight excluding hydrogens is 242 g/mol. The Balaban J connectivity index is 1.88. The number of nitrogens with one attached hydrogen (secondary N) is 2. The Bertz CT molecular complexity index is 725. The first-order valence-electron chi connectivity index (χ1n) is 6.04. The van der Waals surface area contributed by atoms with Gasteiger partial charge in [0, 0.05) is 24.8 Å². The molecule has 0 aromatic carbocycles. The fourth-order valence-corrected chi connectivity index (χ4v) is 2.14. The molecule has 0 amide bonds. The summed E-state index contributed by atoms with van der Waals surface area (Å²) < 4.78 is 1.89. The maximum Gasteiger partial charge on any atom is 0.182 e. The Labute approximate surface area is 110 Å². The fraction of sp³-hybridized carbons (Fsp3) is 0.333. The van der Waals surface area contributed by atoms with Crippen LogP contribution in [0.5, 0.6) is 0 Å². The van der Waals surface area contributed by atoms with Gasteiger partial charge < -0.3 is 10.3 Å². The van der Waals surface area contributed by atoms with E-state index in [1.165, 1.54) is 11.9 Å². The largest absolute Gasteiger partial charge is 0.364 e. The molecule has 7 nitrogen and oxygen atoms in total. The van der Waals surface area contributed by atoms with Crippen molar-refractivity contribution in [2.24, 2.45) is 7.05 Å². The van der Waals surface area contributed by atoms with Crippen molar-refractivity contribution >= 4 is 17.0 Å². The first kappa shape index (κ1) is 11.6. The van der Waals surface area contributed by atoms with E-state index >= 15 is 0 Å². The maximum atomic E-state index is 4.40. The number of rotatable bonds is 3. The van der Waals surface area contributed by atoms with E-state index in [1.54, 1.807) is 6.33 Å². The zero-order valence-electron chi connectivity index (χ0n) is 11.1. The number of aromatic amines is 1. The molecule has 0 spiro atoms. The van der Waals surface area contributed by atoms with Gasteiger partial charge in [-0.3, -0.25) is 4.68 Å². The molecule has 0 aliphatic heterocycles. The van der Waals surface area contributed by atoms with E-state index in [1.807, 2.05) is 18.7 Å². The number of nitrogens with zero attached hydrogens (tertiary/aromatic N) is 5. The molecule has 0 unspecified atom stereocenters. The van der Waals surface area contributed by atoms with Crippen molar-refractivity contribution in [2.45, 2.75) is 20.4 Å². The highest BCUT2D eigenvalue weighted by atomic mass is 15.3. The highest BCUT2D eigenvalue weighted by Crippen LogP contribution is 2.17. The number of hydrogen-bond acceptors (Lipinski definition) is 5. The smallest absolute Gasteiger partial charge is 0.182 e. The van der Waals surface area contributed by atoms with Gasteiger partial charge in [-0.1, -0.05) is 0 Å². The van der Waals surface area contributed by atoms with Gasteiger partial charge in [0.25, 0.3) is 0 Å². The molecular formula is C12H15N7. The van der Waals surface area contributed by atoms with Crippen LogP contribution < -0.4 is 5.32 Å². The van der Waals surface area contributed by atoms with Gasteiger partial charge >= 0.3 is 0 Å². The van der Waals surface area contributed by atoms with Crippen LogP contribution >= 0.6 is 0 Å². The van der Waals surface area contributed by atoms with Crippen molar-refractivity contribution < 1.29 is 0 Å². The molecule has 98 valence electrons. The maximum absolute atomic E-state index is 4.40. The Kier molecular flexibility index (Phi) is 2.66. The summed E-state index contributed by atoms with van der Waals surface area (Å²) in [4.78, 5) is 15.5. The van der Waals surface area contributed by atoms with E-state index < -0.39 is 0 Å². The van der Waals surface area contributed by atoms with Crippen molar-refractivity contribution in [3.63, 3.8) is 0 Å². The molecule has 0 bridgehead atoms. The van der Waals surface area contributed by atoms with Crippen LogP contribution in [0.1, 0.15) is 17.0 Å².